The predicted octanol–water partition coefficient (Wildman–Crippen LogP) is 2.30. The molecule has 1 heterocycles. The van der Waals surface area contributed by atoms with Gasteiger partial charge in [0.2, 0.25) is 0 Å². The van der Waals surface area contributed by atoms with E-state index in [4.69, 9.17) is 9.57 Å². The fourth-order valence-corrected chi connectivity index (χ4v) is 1.94. The Morgan fingerprint density at radius 2 is 2.05 bits per heavy atom. The average molecular weight is 263 g/mol. The maximum atomic E-state index is 12.0. The van der Waals surface area contributed by atoms with Gasteiger partial charge < -0.3 is 9.57 Å². The molecule has 1 aliphatic rings. The number of benzene rings is 1. The van der Waals surface area contributed by atoms with Crippen LogP contribution in [0.4, 0.5) is 0 Å². The van der Waals surface area contributed by atoms with Crippen LogP contribution in [0.15, 0.2) is 30.3 Å². The minimum atomic E-state index is -0.650. The molecule has 0 saturated carbocycles. The van der Waals surface area contributed by atoms with E-state index in [0.29, 0.717) is 22.6 Å². The van der Waals surface area contributed by atoms with Crippen molar-refractivity contribution in [2.45, 2.75) is 38.9 Å². The first kappa shape index (κ1) is 13.4. The van der Waals surface area contributed by atoms with E-state index in [1.807, 2.05) is 6.07 Å². The lowest BCUT2D eigenvalue weighted by Gasteiger charge is -2.34. The second-order valence-electron chi connectivity index (χ2n) is 5.21. The molecular weight excluding hydrogens is 246 g/mol. The van der Waals surface area contributed by atoms with Crippen LogP contribution in [0.25, 0.3) is 0 Å². The van der Waals surface area contributed by atoms with Gasteiger partial charge >= 0.3 is 5.97 Å². The van der Waals surface area contributed by atoms with E-state index in [9.17, 15) is 10.0 Å². The third-order valence-electron chi connectivity index (χ3n) is 3.02. The van der Waals surface area contributed by atoms with E-state index in [2.05, 4.69) is 0 Å². The first-order valence-corrected chi connectivity index (χ1v) is 6.15. The molecule has 0 amide bonds. The number of hydrogen-bond acceptors (Lipinski definition) is 4. The molecule has 0 fully saturated rings. The number of ether oxygens (including phenoxy) is 1. The number of rotatable bonds is 2. The Morgan fingerprint density at radius 1 is 1.42 bits per heavy atom. The van der Waals surface area contributed by atoms with Gasteiger partial charge in [0.1, 0.15) is 0 Å². The van der Waals surface area contributed by atoms with E-state index in [1.165, 1.54) is 0 Å². The predicted molar refractivity (Wildman–Crippen MR) is 69.7 cm³/mol. The lowest BCUT2D eigenvalue weighted by Crippen LogP contribution is -2.46. The molecule has 102 valence electrons. The van der Waals surface area contributed by atoms with Crippen molar-refractivity contribution in [3.8, 4) is 0 Å². The third-order valence-corrected chi connectivity index (χ3v) is 3.02. The summed E-state index contributed by atoms with van der Waals surface area (Å²) >= 11 is 0. The quantitative estimate of drug-likeness (QED) is 0.606. The van der Waals surface area contributed by atoms with Crippen molar-refractivity contribution >= 4 is 11.7 Å². The van der Waals surface area contributed by atoms with Gasteiger partial charge in [-0.1, -0.05) is 18.2 Å². The molecule has 1 aromatic rings. The van der Waals surface area contributed by atoms with Crippen LogP contribution in [0.1, 0.15) is 37.6 Å². The molecule has 0 saturated heterocycles. The smallest absolute Gasteiger partial charge is 0.338 e. The Kier molecular flexibility index (Phi) is 3.46. The van der Waals surface area contributed by atoms with E-state index >= 15 is 0 Å². The minimum Gasteiger partial charge on any atom is -0.448 e. The van der Waals surface area contributed by atoms with Crippen molar-refractivity contribution in [3.63, 3.8) is 0 Å². The Hall–Kier alpha value is -2.04. The zero-order valence-electron chi connectivity index (χ0n) is 11.3. The van der Waals surface area contributed by atoms with Crippen LogP contribution in [0, 0.1) is 5.21 Å². The summed E-state index contributed by atoms with van der Waals surface area (Å²) in [7, 11) is 0. The zero-order valence-corrected chi connectivity index (χ0v) is 11.3. The number of carbonyl (C=O) groups excluding carboxylic acids is 1. The zero-order chi connectivity index (χ0) is 14.0. The molecule has 2 rings (SSSR count). The summed E-state index contributed by atoms with van der Waals surface area (Å²) in [5, 5.41) is 11.6. The van der Waals surface area contributed by atoms with Crippen LogP contribution in [0.2, 0.25) is 0 Å². The molecule has 0 aliphatic carbocycles. The molecule has 1 aromatic carbocycles. The molecule has 0 spiro atoms. The van der Waals surface area contributed by atoms with E-state index in [1.54, 1.807) is 45.0 Å². The SMILES string of the molecule is CC1=[N+]([O-])OC(C)(C)CC1OC(=O)c1ccccc1. The van der Waals surface area contributed by atoms with Crippen molar-refractivity contribution in [1.82, 2.24) is 0 Å². The van der Waals surface area contributed by atoms with Crippen molar-refractivity contribution in [2.75, 3.05) is 0 Å². The summed E-state index contributed by atoms with van der Waals surface area (Å²) in [5.74, 6) is -0.434. The highest BCUT2D eigenvalue weighted by molar-refractivity contribution is 5.92. The fraction of sp³-hybridized carbons (Fsp3) is 0.429. The summed E-state index contributed by atoms with van der Waals surface area (Å²) in [6, 6.07) is 8.71. The van der Waals surface area contributed by atoms with Crippen LogP contribution >= 0.6 is 0 Å². The highest BCUT2D eigenvalue weighted by Crippen LogP contribution is 2.24. The topological polar surface area (TPSA) is 61.6 Å². The highest BCUT2D eigenvalue weighted by atomic mass is 16.9. The number of carbonyl (C=O) groups is 1. The minimum absolute atomic E-state index is 0.351. The van der Waals surface area contributed by atoms with Crippen LogP contribution < -0.4 is 0 Å². The second kappa shape index (κ2) is 4.91. The van der Waals surface area contributed by atoms with E-state index < -0.39 is 17.7 Å². The third kappa shape index (κ3) is 3.05. The van der Waals surface area contributed by atoms with Crippen molar-refractivity contribution in [1.29, 1.82) is 0 Å². The summed E-state index contributed by atoms with van der Waals surface area (Å²) in [5.41, 5.74) is 0.170. The average Bonchev–Trinajstić information content (AvgIpc) is 2.35. The Morgan fingerprint density at radius 3 is 2.68 bits per heavy atom. The molecule has 5 nitrogen and oxygen atoms in total. The molecule has 5 heteroatoms. The lowest BCUT2D eigenvalue weighted by atomic mass is 9.97. The highest BCUT2D eigenvalue weighted by Gasteiger charge is 2.37. The van der Waals surface area contributed by atoms with Gasteiger partial charge in [0.05, 0.1) is 11.2 Å². The normalized spacial score (nSPS) is 21.7. The van der Waals surface area contributed by atoms with Crippen molar-refractivity contribution in [3.05, 3.63) is 41.1 Å². The van der Waals surface area contributed by atoms with Gasteiger partial charge in [-0.05, 0) is 26.0 Å². The van der Waals surface area contributed by atoms with Crippen LogP contribution in [-0.4, -0.2) is 28.3 Å². The van der Waals surface area contributed by atoms with Gasteiger partial charge in [0.25, 0.3) is 5.71 Å². The number of esters is 1. The van der Waals surface area contributed by atoms with Gasteiger partial charge in [-0.25, -0.2) is 4.79 Å². The molecule has 19 heavy (non-hydrogen) atoms. The van der Waals surface area contributed by atoms with Gasteiger partial charge in [0, 0.05) is 18.2 Å². The number of hydrogen-bond donors (Lipinski definition) is 0. The lowest BCUT2D eigenvalue weighted by molar-refractivity contribution is -0.771. The molecule has 1 aliphatic heterocycles. The van der Waals surface area contributed by atoms with Crippen LogP contribution in [0.3, 0.4) is 0 Å². The monoisotopic (exact) mass is 263 g/mol. The second-order valence-corrected chi connectivity index (χ2v) is 5.21. The Bertz CT molecular complexity index is 507. The molecule has 0 bridgehead atoms. The summed E-state index contributed by atoms with van der Waals surface area (Å²) in [6.45, 7) is 5.17. The van der Waals surface area contributed by atoms with Gasteiger partial charge in [-0.3, -0.25) is 5.21 Å². The molecular formula is C14H17NO4. The molecule has 1 unspecified atom stereocenters. The fourth-order valence-electron chi connectivity index (χ4n) is 1.94. The van der Waals surface area contributed by atoms with Crippen molar-refractivity contribution in [2.24, 2.45) is 0 Å². The largest absolute Gasteiger partial charge is 0.448 e. The number of nitrogens with zero attached hydrogens (tertiary/aromatic N) is 1. The summed E-state index contributed by atoms with van der Waals surface area (Å²) < 4.78 is 5.40. The van der Waals surface area contributed by atoms with Crippen LogP contribution in [0.5, 0.6) is 0 Å². The first-order valence-electron chi connectivity index (χ1n) is 6.15. The van der Waals surface area contributed by atoms with Gasteiger partial charge in [-0.2, -0.15) is 0 Å². The molecule has 0 N–H and O–H groups in total. The standard InChI is InChI=1S/C14H17NO4/c1-10-12(9-14(2,3)19-15(10)17)18-13(16)11-7-5-4-6-8-11/h4-8,12H,9H2,1-3H3. The maximum absolute atomic E-state index is 12.0. The first-order chi connectivity index (χ1) is 8.89. The van der Waals surface area contributed by atoms with E-state index in [0.717, 1.165) is 0 Å². The van der Waals surface area contributed by atoms with Gasteiger partial charge in [-0.15, -0.1) is 0 Å². The summed E-state index contributed by atoms with van der Waals surface area (Å²) in [4.78, 5) is 17.6. The van der Waals surface area contributed by atoms with Gasteiger partial charge in [0.15, 0.2) is 6.10 Å². The molecule has 0 radical (unpaired) electrons. The molecule has 0 aromatic heterocycles. The van der Waals surface area contributed by atoms with Crippen molar-refractivity contribution < 1.29 is 19.3 Å². The Balaban J connectivity index is 2.15. The maximum Gasteiger partial charge on any atom is 0.338 e. The van der Waals surface area contributed by atoms with E-state index in [-0.39, 0.29) is 0 Å². The molecule has 1 atom stereocenters. The Labute approximate surface area is 112 Å². The summed E-state index contributed by atoms with van der Waals surface area (Å²) in [6.07, 6.45) is -0.107. The van der Waals surface area contributed by atoms with Crippen LogP contribution in [-0.2, 0) is 9.57 Å².